The van der Waals surface area contributed by atoms with E-state index in [4.69, 9.17) is 10.5 Å². The van der Waals surface area contributed by atoms with Crippen molar-refractivity contribution in [2.45, 2.75) is 19.6 Å². The van der Waals surface area contributed by atoms with Gasteiger partial charge in [0.05, 0.1) is 5.56 Å². The second-order valence-electron chi connectivity index (χ2n) is 5.18. The fourth-order valence-corrected chi connectivity index (χ4v) is 2.39. The lowest BCUT2D eigenvalue weighted by Crippen LogP contribution is -2.44. The van der Waals surface area contributed by atoms with E-state index < -0.39 is 6.10 Å². The van der Waals surface area contributed by atoms with Gasteiger partial charge in [0, 0.05) is 5.56 Å². The van der Waals surface area contributed by atoms with Crippen molar-refractivity contribution in [1.29, 1.82) is 0 Å². The third kappa shape index (κ3) is 2.79. The molecule has 112 valence electrons. The zero-order valence-electron chi connectivity index (χ0n) is 12.3. The zero-order chi connectivity index (χ0) is 15.5. The molecule has 1 aliphatic rings. The Kier molecular flexibility index (Phi) is 3.78. The highest BCUT2D eigenvalue weighted by Gasteiger charge is 2.27. The predicted octanol–water partition coefficient (Wildman–Crippen LogP) is 1.42. The number of benzene rings is 2. The first kappa shape index (κ1) is 14.1. The van der Waals surface area contributed by atoms with Crippen molar-refractivity contribution in [1.82, 2.24) is 5.43 Å². The molecule has 0 bridgehead atoms. The van der Waals surface area contributed by atoms with Crippen LogP contribution in [0.5, 0.6) is 5.75 Å². The van der Waals surface area contributed by atoms with Crippen LogP contribution in [0.2, 0.25) is 0 Å². The van der Waals surface area contributed by atoms with Crippen molar-refractivity contribution < 1.29 is 14.2 Å². The summed E-state index contributed by atoms with van der Waals surface area (Å²) in [6.07, 6.45) is -0.612. The van der Waals surface area contributed by atoms with E-state index in [0.717, 1.165) is 11.1 Å². The molecule has 22 heavy (non-hydrogen) atoms. The molecule has 0 aromatic heterocycles. The number of amides is 1. The van der Waals surface area contributed by atoms with Gasteiger partial charge < -0.3 is 4.74 Å². The van der Waals surface area contributed by atoms with Gasteiger partial charge in [0.1, 0.15) is 12.3 Å². The Hall–Kier alpha value is -2.82. The van der Waals surface area contributed by atoms with Crippen molar-refractivity contribution in [2.24, 2.45) is 5.73 Å². The minimum atomic E-state index is -0.612. The summed E-state index contributed by atoms with van der Waals surface area (Å²) >= 11 is 0. The van der Waals surface area contributed by atoms with Crippen LogP contribution < -0.4 is 15.9 Å². The number of hydrogen-bond acceptors (Lipinski definition) is 3. The molecule has 0 fully saturated rings. The first-order chi connectivity index (χ1) is 10.6. The third-order valence-electron chi connectivity index (χ3n) is 3.58. The summed E-state index contributed by atoms with van der Waals surface area (Å²) in [7, 11) is 0. The number of carbonyl (C=O) groups excluding carboxylic acids is 1. The van der Waals surface area contributed by atoms with Crippen LogP contribution in [0.4, 0.5) is 0 Å². The number of ether oxygens (including phenoxy) is 1. The number of rotatable bonds is 4. The molecule has 3 N–H and O–H groups in total. The SMILES string of the molecule is C[C@H](Oc1ccccc1)C(=O)N[N+]1=C(N)c2ccccc2C1. The predicted molar refractivity (Wildman–Crippen MR) is 83.4 cm³/mol. The molecule has 0 radical (unpaired) electrons. The van der Waals surface area contributed by atoms with E-state index in [1.807, 2.05) is 54.6 Å². The summed E-state index contributed by atoms with van der Waals surface area (Å²) in [5.41, 5.74) is 10.9. The van der Waals surface area contributed by atoms with Gasteiger partial charge in [0.2, 0.25) is 0 Å². The molecule has 3 rings (SSSR count). The number of carbonyl (C=O) groups is 1. The van der Waals surface area contributed by atoms with Crippen LogP contribution in [-0.2, 0) is 11.3 Å². The molecule has 2 aromatic rings. The third-order valence-corrected chi connectivity index (χ3v) is 3.58. The number of hydrazine groups is 1. The molecule has 5 nitrogen and oxygen atoms in total. The second kappa shape index (κ2) is 5.89. The lowest BCUT2D eigenvalue weighted by atomic mass is 10.1. The Morgan fingerprint density at radius 1 is 1.18 bits per heavy atom. The monoisotopic (exact) mass is 296 g/mol. The molecule has 1 amide bonds. The van der Waals surface area contributed by atoms with Gasteiger partial charge in [0.15, 0.2) is 6.10 Å². The summed E-state index contributed by atoms with van der Waals surface area (Å²) in [5.74, 6) is 0.974. The van der Waals surface area contributed by atoms with Crippen LogP contribution in [-0.4, -0.2) is 22.5 Å². The van der Waals surface area contributed by atoms with Crippen LogP contribution in [0.1, 0.15) is 18.1 Å². The number of hydrazone groups is 1. The van der Waals surface area contributed by atoms with Gasteiger partial charge >= 0.3 is 0 Å². The van der Waals surface area contributed by atoms with Crippen LogP contribution in [0, 0.1) is 0 Å². The summed E-state index contributed by atoms with van der Waals surface area (Å²) in [5, 5.41) is 0. The lowest BCUT2D eigenvalue weighted by Gasteiger charge is -2.14. The topological polar surface area (TPSA) is 67.4 Å². The van der Waals surface area contributed by atoms with E-state index in [2.05, 4.69) is 5.43 Å². The number of nitrogens with zero attached hydrogens (tertiary/aromatic N) is 1. The fraction of sp³-hybridized carbons (Fsp3) is 0.176. The number of fused-ring (bicyclic) bond motifs is 1. The van der Waals surface area contributed by atoms with Crippen molar-refractivity contribution in [3.63, 3.8) is 0 Å². The number of nitrogens with one attached hydrogen (secondary N) is 1. The standard InChI is InChI=1S/C17H17N3O2/c1-12(22-14-8-3-2-4-9-14)17(21)19-20-11-13-7-5-6-10-15(13)16(20)18/h2-10,12,18H,11H2,1H3,(H,19,21)/p+1/t12-/m0/s1. The van der Waals surface area contributed by atoms with Crippen LogP contribution in [0.3, 0.4) is 0 Å². The Morgan fingerprint density at radius 2 is 1.86 bits per heavy atom. The summed E-state index contributed by atoms with van der Waals surface area (Å²) in [6, 6.07) is 17.1. The largest absolute Gasteiger partial charge is 0.481 e. The fourth-order valence-electron chi connectivity index (χ4n) is 2.39. The van der Waals surface area contributed by atoms with E-state index in [0.29, 0.717) is 18.1 Å². The van der Waals surface area contributed by atoms with E-state index in [-0.39, 0.29) is 5.91 Å². The Morgan fingerprint density at radius 3 is 2.59 bits per heavy atom. The average Bonchev–Trinajstić information content (AvgIpc) is 2.85. The molecule has 0 aliphatic carbocycles. The smallest absolute Gasteiger partial charge is 0.299 e. The van der Waals surface area contributed by atoms with Crippen molar-refractivity contribution in [3.05, 3.63) is 65.7 Å². The van der Waals surface area contributed by atoms with Gasteiger partial charge in [-0.25, -0.2) is 0 Å². The van der Waals surface area contributed by atoms with Gasteiger partial charge in [0.25, 0.3) is 11.7 Å². The van der Waals surface area contributed by atoms with Crippen LogP contribution in [0.25, 0.3) is 0 Å². The van der Waals surface area contributed by atoms with Crippen molar-refractivity contribution >= 4 is 11.7 Å². The first-order valence-electron chi connectivity index (χ1n) is 7.15. The Labute approximate surface area is 129 Å². The number of amidine groups is 1. The second-order valence-corrected chi connectivity index (χ2v) is 5.18. The molecule has 5 heteroatoms. The molecule has 1 aliphatic heterocycles. The molecule has 2 aromatic carbocycles. The van der Waals surface area contributed by atoms with Gasteiger partial charge in [-0.3, -0.25) is 10.5 Å². The first-order valence-corrected chi connectivity index (χ1v) is 7.15. The summed E-state index contributed by atoms with van der Waals surface area (Å²) < 4.78 is 7.26. The number of nitrogens with two attached hydrogens (primary N) is 1. The van der Waals surface area contributed by atoms with Crippen molar-refractivity contribution in [3.8, 4) is 5.75 Å². The maximum Gasteiger partial charge on any atom is 0.299 e. The van der Waals surface area contributed by atoms with Crippen LogP contribution >= 0.6 is 0 Å². The molecule has 0 spiro atoms. The highest BCUT2D eigenvalue weighted by atomic mass is 16.5. The Balaban J connectivity index is 1.67. The summed E-state index contributed by atoms with van der Waals surface area (Å²) in [6.45, 7) is 2.27. The number of hydrogen-bond donors (Lipinski definition) is 2. The zero-order valence-corrected chi connectivity index (χ0v) is 12.3. The Bertz CT molecular complexity index is 726. The normalized spacial score (nSPS) is 14.4. The molecular weight excluding hydrogens is 278 g/mol. The molecular formula is C17H18N3O2+. The van der Waals surface area contributed by atoms with E-state index in [1.54, 1.807) is 11.6 Å². The minimum Gasteiger partial charge on any atom is -0.481 e. The van der Waals surface area contributed by atoms with Gasteiger partial charge in [-0.2, -0.15) is 10.1 Å². The average molecular weight is 296 g/mol. The molecule has 0 saturated heterocycles. The van der Waals surface area contributed by atoms with E-state index >= 15 is 0 Å². The molecule has 1 heterocycles. The van der Waals surface area contributed by atoms with Crippen molar-refractivity contribution in [2.75, 3.05) is 0 Å². The quantitative estimate of drug-likeness (QED) is 0.839. The maximum atomic E-state index is 12.3. The lowest BCUT2D eigenvalue weighted by molar-refractivity contribution is -0.586. The molecule has 1 atom stereocenters. The van der Waals surface area contributed by atoms with Gasteiger partial charge in [-0.1, -0.05) is 36.4 Å². The van der Waals surface area contributed by atoms with Gasteiger partial charge in [-0.05, 0) is 25.1 Å². The van der Waals surface area contributed by atoms with E-state index in [9.17, 15) is 4.79 Å². The molecule has 0 unspecified atom stereocenters. The highest BCUT2D eigenvalue weighted by Crippen LogP contribution is 2.15. The minimum absolute atomic E-state index is 0.236. The van der Waals surface area contributed by atoms with Crippen LogP contribution in [0.15, 0.2) is 54.6 Å². The molecule has 0 saturated carbocycles. The highest BCUT2D eigenvalue weighted by molar-refractivity contribution is 5.96. The summed E-state index contributed by atoms with van der Waals surface area (Å²) in [4.78, 5) is 12.3. The number of para-hydroxylation sites is 1. The maximum absolute atomic E-state index is 12.3. The van der Waals surface area contributed by atoms with Gasteiger partial charge in [-0.15, -0.1) is 0 Å². The van der Waals surface area contributed by atoms with E-state index in [1.165, 1.54) is 0 Å².